The summed E-state index contributed by atoms with van der Waals surface area (Å²) in [5.74, 6) is -1.42. The molecule has 0 atom stereocenters. The van der Waals surface area contributed by atoms with Gasteiger partial charge in [-0.15, -0.1) is 0 Å². The van der Waals surface area contributed by atoms with Gasteiger partial charge in [0.25, 0.3) is 11.5 Å². The molecular formula is C17H10Cl2FN3O3. The van der Waals surface area contributed by atoms with E-state index in [0.717, 1.165) is 18.3 Å². The maximum absolute atomic E-state index is 13.3. The lowest BCUT2D eigenvalue weighted by Gasteiger charge is -2.09. The van der Waals surface area contributed by atoms with Crippen LogP contribution in [0.25, 0.3) is 5.69 Å². The number of nitrogens with zero attached hydrogens (tertiary/aromatic N) is 1. The standard InChI is InChI=1S/C17H10Cl2FN3O3/c18-9-1-3-10(4-2-9)22-15(24)12-8-21-17(26)23(16(12)25)11-5-6-14(20)13(19)7-11/h1-8H,(H,21,26)(H,22,24). The summed E-state index contributed by atoms with van der Waals surface area (Å²) in [7, 11) is 0. The van der Waals surface area contributed by atoms with Crippen LogP contribution in [0.4, 0.5) is 10.1 Å². The van der Waals surface area contributed by atoms with E-state index in [1.807, 2.05) is 0 Å². The molecule has 3 rings (SSSR count). The molecule has 1 amide bonds. The van der Waals surface area contributed by atoms with Crippen LogP contribution >= 0.6 is 23.2 Å². The summed E-state index contributed by atoms with van der Waals surface area (Å²) in [6.45, 7) is 0. The molecule has 0 saturated heterocycles. The lowest BCUT2D eigenvalue weighted by Crippen LogP contribution is -2.38. The first kappa shape index (κ1) is 17.9. The second-order valence-corrected chi connectivity index (χ2v) is 6.05. The first-order valence-corrected chi connectivity index (χ1v) is 7.99. The number of hydrogen-bond donors (Lipinski definition) is 2. The zero-order valence-electron chi connectivity index (χ0n) is 12.9. The van der Waals surface area contributed by atoms with Gasteiger partial charge in [0.15, 0.2) is 0 Å². The van der Waals surface area contributed by atoms with Crippen molar-refractivity contribution >= 4 is 34.8 Å². The third-order valence-electron chi connectivity index (χ3n) is 3.48. The van der Waals surface area contributed by atoms with Crippen LogP contribution in [0.3, 0.4) is 0 Å². The first-order valence-electron chi connectivity index (χ1n) is 7.24. The van der Waals surface area contributed by atoms with Crippen LogP contribution in [0.5, 0.6) is 0 Å². The summed E-state index contributed by atoms with van der Waals surface area (Å²) >= 11 is 11.5. The number of rotatable bonds is 3. The second-order valence-electron chi connectivity index (χ2n) is 5.21. The molecule has 6 nitrogen and oxygen atoms in total. The van der Waals surface area contributed by atoms with E-state index in [0.29, 0.717) is 15.3 Å². The van der Waals surface area contributed by atoms with Crippen molar-refractivity contribution < 1.29 is 9.18 Å². The highest BCUT2D eigenvalue weighted by Gasteiger charge is 2.16. The van der Waals surface area contributed by atoms with Gasteiger partial charge in [-0.2, -0.15) is 0 Å². The van der Waals surface area contributed by atoms with Crippen molar-refractivity contribution in [2.24, 2.45) is 0 Å². The molecule has 132 valence electrons. The van der Waals surface area contributed by atoms with Crippen LogP contribution in [-0.2, 0) is 0 Å². The quantitative estimate of drug-likeness (QED) is 0.716. The Labute approximate surface area is 155 Å². The molecule has 1 heterocycles. The number of benzene rings is 2. The molecule has 0 bridgehead atoms. The van der Waals surface area contributed by atoms with Gasteiger partial charge in [0, 0.05) is 16.9 Å². The Kier molecular flexibility index (Phi) is 4.92. The number of aromatic amines is 1. The summed E-state index contributed by atoms with van der Waals surface area (Å²) in [5, 5.41) is 2.75. The molecule has 0 aliphatic carbocycles. The van der Waals surface area contributed by atoms with E-state index in [4.69, 9.17) is 23.2 Å². The summed E-state index contributed by atoms with van der Waals surface area (Å²) in [5.41, 5.74) is -1.52. The van der Waals surface area contributed by atoms with E-state index < -0.39 is 23.0 Å². The molecule has 9 heteroatoms. The molecular weight excluding hydrogens is 384 g/mol. The summed E-state index contributed by atoms with van der Waals surface area (Å²) in [6.07, 6.45) is 1.01. The van der Waals surface area contributed by atoms with E-state index >= 15 is 0 Å². The number of halogens is 3. The summed E-state index contributed by atoms with van der Waals surface area (Å²) in [4.78, 5) is 39.3. The van der Waals surface area contributed by atoms with Gasteiger partial charge in [0.1, 0.15) is 11.4 Å². The normalized spacial score (nSPS) is 10.6. The topological polar surface area (TPSA) is 84.0 Å². The zero-order valence-corrected chi connectivity index (χ0v) is 14.4. The largest absolute Gasteiger partial charge is 0.333 e. The van der Waals surface area contributed by atoms with E-state index in [1.54, 1.807) is 24.3 Å². The van der Waals surface area contributed by atoms with Crippen molar-refractivity contribution in [2.75, 3.05) is 5.32 Å². The monoisotopic (exact) mass is 393 g/mol. The van der Waals surface area contributed by atoms with Crippen LogP contribution < -0.4 is 16.6 Å². The third kappa shape index (κ3) is 3.54. The van der Waals surface area contributed by atoms with Gasteiger partial charge in [-0.3, -0.25) is 9.59 Å². The minimum absolute atomic E-state index is 0.0313. The van der Waals surface area contributed by atoms with Gasteiger partial charge < -0.3 is 10.3 Å². The van der Waals surface area contributed by atoms with Crippen molar-refractivity contribution in [1.82, 2.24) is 9.55 Å². The Balaban J connectivity index is 2.03. The molecule has 0 spiro atoms. The third-order valence-corrected chi connectivity index (χ3v) is 4.03. The maximum atomic E-state index is 13.3. The molecule has 26 heavy (non-hydrogen) atoms. The minimum Gasteiger partial charge on any atom is -0.322 e. The van der Waals surface area contributed by atoms with Crippen LogP contribution in [0.15, 0.2) is 58.3 Å². The van der Waals surface area contributed by atoms with Crippen LogP contribution in [0.1, 0.15) is 10.4 Å². The lowest BCUT2D eigenvalue weighted by molar-refractivity contribution is 0.102. The summed E-state index contributed by atoms with van der Waals surface area (Å²) in [6, 6.07) is 9.61. The molecule has 0 unspecified atom stereocenters. The Morgan fingerprint density at radius 3 is 2.42 bits per heavy atom. The van der Waals surface area contributed by atoms with Crippen molar-refractivity contribution in [3.05, 3.63) is 90.9 Å². The van der Waals surface area contributed by atoms with Crippen LogP contribution in [0.2, 0.25) is 10.0 Å². The molecule has 3 aromatic rings. The van der Waals surface area contributed by atoms with E-state index in [-0.39, 0.29) is 16.3 Å². The summed E-state index contributed by atoms with van der Waals surface area (Å²) < 4.78 is 14.0. The second kappa shape index (κ2) is 7.15. The predicted octanol–water partition coefficient (Wildman–Crippen LogP) is 3.22. The highest BCUT2D eigenvalue weighted by molar-refractivity contribution is 6.31. The fraction of sp³-hybridized carbons (Fsp3) is 0. The van der Waals surface area contributed by atoms with Crippen LogP contribution in [-0.4, -0.2) is 15.5 Å². The number of nitrogens with one attached hydrogen (secondary N) is 2. The number of anilines is 1. The Hall–Kier alpha value is -2.90. The minimum atomic E-state index is -0.872. The van der Waals surface area contributed by atoms with E-state index in [9.17, 15) is 18.8 Å². The van der Waals surface area contributed by atoms with Crippen molar-refractivity contribution in [3.63, 3.8) is 0 Å². The Bertz CT molecular complexity index is 1110. The lowest BCUT2D eigenvalue weighted by atomic mass is 10.2. The molecule has 0 saturated carbocycles. The Morgan fingerprint density at radius 1 is 1.08 bits per heavy atom. The number of carbonyl (C=O) groups excluding carboxylic acids is 1. The van der Waals surface area contributed by atoms with Crippen molar-refractivity contribution in [1.29, 1.82) is 0 Å². The van der Waals surface area contributed by atoms with Crippen molar-refractivity contribution in [3.8, 4) is 5.69 Å². The number of carbonyl (C=O) groups is 1. The molecule has 2 aromatic carbocycles. The van der Waals surface area contributed by atoms with Gasteiger partial charge >= 0.3 is 5.69 Å². The number of amides is 1. The fourth-order valence-corrected chi connectivity index (χ4v) is 2.53. The van der Waals surface area contributed by atoms with Gasteiger partial charge in [0.05, 0.1) is 10.7 Å². The van der Waals surface area contributed by atoms with Crippen LogP contribution in [0, 0.1) is 5.82 Å². The molecule has 0 radical (unpaired) electrons. The van der Waals surface area contributed by atoms with Gasteiger partial charge in [-0.1, -0.05) is 23.2 Å². The SMILES string of the molecule is O=C(Nc1ccc(Cl)cc1)c1c[nH]c(=O)n(-c2ccc(F)c(Cl)c2)c1=O. The maximum Gasteiger partial charge on any atom is 0.333 e. The van der Waals surface area contributed by atoms with E-state index in [2.05, 4.69) is 10.3 Å². The molecule has 0 aliphatic heterocycles. The van der Waals surface area contributed by atoms with E-state index in [1.165, 1.54) is 6.07 Å². The van der Waals surface area contributed by atoms with Gasteiger partial charge in [0.2, 0.25) is 0 Å². The zero-order chi connectivity index (χ0) is 18.8. The van der Waals surface area contributed by atoms with Crippen molar-refractivity contribution in [2.45, 2.75) is 0 Å². The molecule has 2 N–H and O–H groups in total. The first-order chi connectivity index (χ1) is 12.4. The fourth-order valence-electron chi connectivity index (χ4n) is 2.23. The molecule has 1 aromatic heterocycles. The smallest absolute Gasteiger partial charge is 0.322 e. The molecule has 0 fully saturated rings. The average molecular weight is 394 g/mol. The highest BCUT2D eigenvalue weighted by atomic mass is 35.5. The average Bonchev–Trinajstić information content (AvgIpc) is 2.60. The van der Waals surface area contributed by atoms with Gasteiger partial charge in [-0.25, -0.2) is 13.8 Å². The number of hydrogen-bond acceptors (Lipinski definition) is 3. The highest BCUT2D eigenvalue weighted by Crippen LogP contribution is 2.17. The number of H-pyrrole nitrogens is 1. The van der Waals surface area contributed by atoms with Gasteiger partial charge in [-0.05, 0) is 42.5 Å². The number of aromatic nitrogens is 2. The Morgan fingerprint density at radius 2 is 1.77 bits per heavy atom. The molecule has 0 aliphatic rings. The predicted molar refractivity (Wildman–Crippen MR) is 97.0 cm³/mol.